The number of nitrogens with zero attached hydrogens (tertiary/aromatic N) is 2. The third-order valence-corrected chi connectivity index (χ3v) is 4.58. The highest BCUT2D eigenvalue weighted by Crippen LogP contribution is 2.23. The standard InChI is InChI=1S/C18H27N3O3/c1-5-18(2)13-24-10-9-21(18)12-16(22)19-15-8-6-7-14(11-15)17(23)20(3)4/h6-8,11H,5,9-10,12-13H2,1-4H3,(H,19,22)/t18-/m0/s1. The number of anilines is 1. The minimum atomic E-state index is -0.113. The summed E-state index contributed by atoms with van der Waals surface area (Å²) < 4.78 is 5.56. The van der Waals surface area contributed by atoms with Crippen LogP contribution in [0.5, 0.6) is 0 Å². The molecule has 0 bridgehead atoms. The molecule has 0 spiro atoms. The van der Waals surface area contributed by atoms with Gasteiger partial charge in [0, 0.05) is 37.4 Å². The van der Waals surface area contributed by atoms with Gasteiger partial charge in [-0.05, 0) is 31.5 Å². The Bertz CT molecular complexity index is 603. The van der Waals surface area contributed by atoms with Crippen molar-refractivity contribution in [3.8, 4) is 0 Å². The fourth-order valence-corrected chi connectivity index (χ4v) is 2.79. The smallest absolute Gasteiger partial charge is 0.253 e. The fraction of sp³-hybridized carbons (Fsp3) is 0.556. The van der Waals surface area contributed by atoms with Crippen molar-refractivity contribution >= 4 is 17.5 Å². The van der Waals surface area contributed by atoms with E-state index in [4.69, 9.17) is 4.74 Å². The van der Waals surface area contributed by atoms with Crippen molar-refractivity contribution in [2.45, 2.75) is 25.8 Å². The topological polar surface area (TPSA) is 61.9 Å². The van der Waals surface area contributed by atoms with E-state index in [1.165, 1.54) is 4.90 Å². The molecule has 1 saturated heterocycles. The molecule has 0 saturated carbocycles. The van der Waals surface area contributed by atoms with Crippen LogP contribution >= 0.6 is 0 Å². The van der Waals surface area contributed by atoms with E-state index in [-0.39, 0.29) is 17.4 Å². The Hall–Kier alpha value is -1.92. The Kier molecular flexibility index (Phi) is 5.96. The summed E-state index contributed by atoms with van der Waals surface area (Å²) in [5, 5.41) is 2.89. The highest BCUT2D eigenvalue weighted by molar-refractivity contribution is 5.97. The number of morpholine rings is 1. The van der Waals surface area contributed by atoms with Crippen LogP contribution in [0.1, 0.15) is 30.6 Å². The van der Waals surface area contributed by atoms with Gasteiger partial charge in [0.15, 0.2) is 0 Å². The lowest BCUT2D eigenvalue weighted by atomic mass is 9.96. The summed E-state index contributed by atoms with van der Waals surface area (Å²) in [7, 11) is 3.41. The molecule has 1 atom stereocenters. The van der Waals surface area contributed by atoms with Gasteiger partial charge in [0.05, 0.1) is 19.8 Å². The second-order valence-corrected chi connectivity index (χ2v) is 6.65. The van der Waals surface area contributed by atoms with E-state index < -0.39 is 0 Å². The van der Waals surface area contributed by atoms with Crippen molar-refractivity contribution in [3.63, 3.8) is 0 Å². The van der Waals surface area contributed by atoms with Crippen LogP contribution in [0, 0.1) is 0 Å². The molecule has 1 aromatic carbocycles. The number of rotatable bonds is 5. The first-order valence-corrected chi connectivity index (χ1v) is 8.30. The van der Waals surface area contributed by atoms with E-state index in [9.17, 15) is 9.59 Å². The van der Waals surface area contributed by atoms with Crippen molar-refractivity contribution in [1.82, 2.24) is 9.80 Å². The Balaban J connectivity index is 2.02. The number of carbonyl (C=O) groups excluding carboxylic acids is 2. The summed E-state index contributed by atoms with van der Waals surface area (Å²) in [5.74, 6) is -0.163. The van der Waals surface area contributed by atoms with Gasteiger partial charge in [-0.3, -0.25) is 14.5 Å². The predicted octanol–water partition coefficient (Wildman–Crippen LogP) is 1.83. The second-order valence-electron chi connectivity index (χ2n) is 6.65. The molecule has 6 nitrogen and oxygen atoms in total. The number of benzene rings is 1. The minimum Gasteiger partial charge on any atom is -0.378 e. The molecule has 1 N–H and O–H groups in total. The average molecular weight is 333 g/mol. The maximum Gasteiger partial charge on any atom is 0.253 e. The number of hydrogen-bond acceptors (Lipinski definition) is 4. The van der Waals surface area contributed by atoms with E-state index in [0.717, 1.165) is 13.0 Å². The molecule has 1 aliphatic rings. The molecule has 1 fully saturated rings. The number of nitrogens with one attached hydrogen (secondary N) is 1. The zero-order valence-corrected chi connectivity index (χ0v) is 15.0. The lowest BCUT2D eigenvalue weighted by molar-refractivity contribution is -0.123. The van der Waals surface area contributed by atoms with Gasteiger partial charge in [0.25, 0.3) is 5.91 Å². The van der Waals surface area contributed by atoms with Gasteiger partial charge in [-0.25, -0.2) is 0 Å². The molecule has 2 amide bonds. The van der Waals surface area contributed by atoms with Crippen molar-refractivity contribution in [2.75, 3.05) is 45.7 Å². The maximum absolute atomic E-state index is 12.4. The van der Waals surface area contributed by atoms with Gasteiger partial charge in [-0.15, -0.1) is 0 Å². The van der Waals surface area contributed by atoms with Gasteiger partial charge >= 0.3 is 0 Å². The van der Waals surface area contributed by atoms with Gasteiger partial charge in [0.2, 0.25) is 5.91 Å². The Morgan fingerprint density at radius 3 is 2.79 bits per heavy atom. The molecule has 0 aliphatic carbocycles. The van der Waals surface area contributed by atoms with Crippen LogP contribution < -0.4 is 5.32 Å². The lowest BCUT2D eigenvalue weighted by Gasteiger charge is -2.43. The number of carbonyl (C=O) groups is 2. The summed E-state index contributed by atoms with van der Waals surface area (Å²) in [5.41, 5.74) is 1.08. The van der Waals surface area contributed by atoms with Gasteiger partial charge in [-0.1, -0.05) is 13.0 Å². The Morgan fingerprint density at radius 1 is 1.38 bits per heavy atom. The Labute approximate surface area is 143 Å². The normalized spacial score (nSPS) is 21.3. The van der Waals surface area contributed by atoms with Gasteiger partial charge in [-0.2, -0.15) is 0 Å². The summed E-state index contributed by atoms with van der Waals surface area (Å²) in [6, 6.07) is 7.02. The van der Waals surface area contributed by atoms with Crippen LogP contribution in [0.2, 0.25) is 0 Å². The zero-order chi connectivity index (χ0) is 17.7. The van der Waals surface area contributed by atoms with E-state index in [2.05, 4.69) is 24.1 Å². The van der Waals surface area contributed by atoms with E-state index in [1.54, 1.807) is 38.4 Å². The third-order valence-electron chi connectivity index (χ3n) is 4.58. The maximum atomic E-state index is 12.4. The highest BCUT2D eigenvalue weighted by atomic mass is 16.5. The molecule has 6 heteroatoms. The molecule has 132 valence electrons. The fourth-order valence-electron chi connectivity index (χ4n) is 2.79. The van der Waals surface area contributed by atoms with Crippen LogP contribution in [-0.4, -0.2) is 67.6 Å². The Morgan fingerprint density at radius 2 is 2.12 bits per heavy atom. The summed E-state index contributed by atoms with van der Waals surface area (Å²) in [4.78, 5) is 28.1. The molecular formula is C18H27N3O3. The first-order valence-electron chi connectivity index (χ1n) is 8.30. The summed E-state index contributed by atoms with van der Waals surface area (Å²) in [6.45, 7) is 6.58. The molecule has 0 unspecified atom stereocenters. The van der Waals surface area contributed by atoms with Gasteiger partial charge < -0.3 is 15.0 Å². The van der Waals surface area contributed by atoms with Crippen molar-refractivity contribution in [1.29, 1.82) is 0 Å². The van der Waals surface area contributed by atoms with E-state index >= 15 is 0 Å². The first kappa shape index (κ1) is 18.4. The third kappa shape index (κ3) is 4.33. The lowest BCUT2D eigenvalue weighted by Crippen LogP contribution is -2.56. The molecule has 24 heavy (non-hydrogen) atoms. The van der Waals surface area contributed by atoms with Gasteiger partial charge in [0.1, 0.15) is 0 Å². The van der Waals surface area contributed by atoms with Crippen molar-refractivity contribution in [2.24, 2.45) is 0 Å². The number of hydrogen-bond donors (Lipinski definition) is 1. The van der Waals surface area contributed by atoms with Crippen LogP contribution in [-0.2, 0) is 9.53 Å². The molecule has 2 rings (SSSR count). The van der Waals surface area contributed by atoms with Crippen LogP contribution in [0.3, 0.4) is 0 Å². The summed E-state index contributed by atoms with van der Waals surface area (Å²) >= 11 is 0. The zero-order valence-electron chi connectivity index (χ0n) is 15.0. The summed E-state index contributed by atoms with van der Waals surface area (Å²) in [6.07, 6.45) is 0.924. The van der Waals surface area contributed by atoms with E-state index in [0.29, 0.717) is 31.0 Å². The number of ether oxygens (including phenoxy) is 1. The average Bonchev–Trinajstić information content (AvgIpc) is 2.56. The predicted molar refractivity (Wildman–Crippen MR) is 94.2 cm³/mol. The number of amides is 2. The van der Waals surface area contributed by atoms with Crippen LogP contribution in [0.15, 0.2) is 24.3 Å². The molecule has 1 aromatic rings. The van der Waals surface area contributed by atoms with Crippen LogP contribution in [0.25, 0.3) is 0 Å². The molecule has 0 radical (unpaired) electrons. The quantitative estimate of drug-likeness (QED) is 0.893. The molecular weight excluding hydrogens is 306 g/mol. The molecule has 0 aromatic heterocycles. The van der Waals surface area contributed by atoms with Crippen molar-refractivity contribution in [3.05, 3.63) is 29.8 Å². The second kappa shape index (κ2) is 7.77. The monoisotopic (exact) mass is 333 g/mol. The molecule has 1 heterocycles. The van der Waals surface area contributed by atoms with Crippen molar-refractivity contribution < 1.29 is 14.3 Å². The molecule has 1 aliphatic heterocycles. The first-order chi connectivity index (χ1) is 11.4. The minimum absolute atomic E-state index is 0.0778. The largest absolute Gasteiger partial charge is 0.378 e. The SMILES string of the molecule is CC[C@@]1(C)COCCN1CC(=O)Nc1cccc(C(=O)N(C)C)c1. The van der Waals surface area contributed by atoms with E-state index in [1.807, 2.05) is 0 Å². The van der Waals surface area contributed by atoms with Crippen LogP contribution in [0.4, 0.5) is 5.69 Å². The highest BCUT2D eigenvalue weighted by Gasteiger charge is 2.34.